The van der Waals surface area contributed by atoms with Crippen molar-refractivity contribution < 1.29 is 9.59 Å². The van der Waals surface area contributed by atoms with Gasteiger partial charge < -0.3 is 15.5 Å². The number of benzene rings is 2. The molecule has 0 atom stereocenters. The second-order valence-electron chi connectivity index (χ2n) is 9.45. The van der Waals surface area contributed by atoms with Crippen LogP contribution < -0.4 is 10.6 Å². The van der Waals surface area contributed by atoms with Crippen LogP contribution in [0.4, 0.5) is 11.5 Å². The largest absolute Gasteiger partial charge is 0.387 e. The van der Waals surface area contributed by atoms with E-state index in [1.54, 1.807) is 23.6 Å². The fourth-order valence-electron chi connectivity index (χ4n) is 5.09. The van der Waals surface area contributed by atoms with Crippen molar-refractivity contribution in [3.8, 4) is 21.7 Å². The Morgan fingerprint density at radius 3 is 2.82 bits per heavy atom. The Kier molecular flexibility index (Phi) is 6.20. The first-order valence-electron chi connectivity index (χ1n) is 12.5. The number of thiophene rings is 1. The summed E-state index contributed by atoms with van der Waals surface area (Å²) in [6.45, 7) is 6.48. The quantitative estimate of drug-likeness (QED) is 0.237. The number of nitrogens with one attached hydrogen (secondary N) is 3. The normalized spacial score (nSPS) is 12.6. The predicted molar refractivity (Wildman–Crippen MR) is 157 cm³/mol. The van der Waals surface area contributed by atoms with Gasteiger partial charge in [0.2, 0.25) is 5.91 Å². The van der Waals surface area contributed by atoms with E-state index in [0.29, 0.717) is 24.5 Å². The van der Waals surface area contributed by atoms with E-state index in [9.17, 15) is 9.59 Å². The van der Waals surface area contributed by atoms with E-state index in [0.717, 1.165) is 55.0 Å². The summed E-state index contributed by atoms with van der Waals surface area (Å²) in [4.78, 5) is 32.2. The average Bonchev–Trinajstić information content (AvgIpc) is 3.67. The van der Waals surface area contributed by atoms with Gasteiger partial charge in [0.15, 0.2) is 0 Å². The van der Waals surface area contributed by atoms with E-state index in [1.165, 1.54) is 6.92 Å². The van der Waals surface area contributed by atoms with Crippen LogP contribution in [0.5, 0.6) is 0 Å². The number of H-pyrrole nitrogens is 1. The van der Waals surface area contributed by atoms with Gasteiger partial charge in [-0.1, -0.05) is 24.8 Å². The van der Waals surface area contributed by atoms with Crippen LogP contribution >= 0.6 is 11.3 Å². The molecule has 0 radical (unpaired) electrons. The number of hydrogen-bond donors (Lipinski definition) is 3. The van der Waals surface area contributed by atoms with Crippen molar-refractivity contribution >= 4 is 51.1 Å². The minimum absolute atomic E-state index is 0.0443. The maximum Gasteiger partial charge on any atom is 0.256 e. The summed E-state index contributed by atoms with van der Waals surface area (Å²) in [6.07, 6.45) is 1.63. The highest BCUT2D eigenvalue weighted by molar-refractivity contribution is 7.13. The molecule has 0 unspecified atom stereocenters. The molecular formula is C30H26N6O2S. The Morgan fingerprint density at radius 1 is 1.18 bits per heavy atom. The van der Waals surface area contributed by atoms with Crippen LogP contribution in [0.15, 0.2) is 72.8 Å². The molecule has 2 aromatic carbocycles. The molecule has 5 aromatic rings. The number of rotatable bonds is 7. The van der Waals surface area contributed by atoms with Crippen molar-refractivity contribution in [2.24, 2.45) is 0 Å². The Morgan fingerprint density at radius 2 is 2.05 bits per heavy atom. The molecule has 3 N–H and O–H groups in total. The summed E-state index contributed by atoms with van der Waals surface area (Å²) >= 11 is 1.66. The molecule has 0 aliphatic carbocycles. The van der Waals surface area contributed by atoms with Gasteiger partial charge in [-0.05, 0) is 69.6 Å². The van der Waals surface area contributed by atoms with Crippen molar-refractivity contribution in [3.63, 3.8) is 0 Å². The maximum atomic E-state index is 13.7. The zero-order valence-electron chi connectivity index (χ0n) is 21.5. The number of nitrogens with zero attached hydrogens (tertiary/aromatic N) is 3. The van der Waals surface area contributed by atoms with Crippen molar-refractivity contribution in [3.05, 3.63) is 89.4 Å². The monoisotopic (exact) mass is 534 g/mol. The standard InChI is InChI=1S/C30H26N6O2S/c1-17(19-10-11-32-27(14-19)33-18(2)37)15-36-16-23-21(7-9-25(31-3)28(23)30(36)38)20-6-8-24-22(13-20)29(35-34-24)26-5-4-12-39-26/h4-14,31H,1,15-16H2,2-3H3,(H,34,35)(H,32,33,37). The highest BCUT2D eigenvalue weighted by Crippen LogP contribution is 2.39. The Hall–Kier alpha value is -4.76. The molecule has 0 saturated heterocycles. The van der Waals surface area contributed by atoms with Crippen molar-refractivity contribution in [1.82, 2.24) is 20.1 Å². The van der Waals surface area contributed by atoms with Gasteiger partial charge in [0.05, 0.1) is 16.0 Å². The van der Waals surface area contributed by atoms with Crippen LogP contribution in [0.3, 0.4) is 0 Å². The molecule has 0 saturated carbocycles. The van der Waals surface area contributed by atoms with Crippen LogP contribution in [0.25, 0.3) is 38.2 Å². The summed E-state index contributed by atoms with van der Waals surface area (Å²) in [5, 5.41) is 16.7. The van der Waals surface area contributed by atoms with E-state index >= 15 is 0 Å². The number of pyridine rings is 1. The van der Waals surface area contributed by atoms with Gasteiger partial charge in [-0.25, -0.2) is 4.98 Å². The van der Waals surface area contributed by atoms with E-state index in [-0.39, 0.29) is 11.8 Å². The lowest BCUT2D eigenvalue weighted by Gasteiger charge is -2.18. The lowest BCUT2D eigenvalue weighted by molar-refractivity contribution is -0.114. The average molecular weight is 535 g/mol. The number of carbonyl (C=O) groups excluding carboxylic acids is 2. The third kappa shape index (κ3) is 4.46. The van der Waals surface area contributed by atoms with Crippen LogP contribution in [0.2, 0.25) is 0 Å². The van der Waals surface area contributed by atoms with E-state index < -0.39 is 0 Å². The first-order valence-corrected chi connectivity index (χ1v) is 13.4. The molecule has 1 aliphatic heterocycles. The zero-order valence-corrected chi connectivity index (χ0v) is 22.4. The number of fused-ring (bicyclic) bond motifs is 2. The summed E-state index contributed by atoms with van der Waals surface area (Å²) in [6, 6.07) is 18.0. The summed E-state index contributed by atoms with van der Waals surface area (Å²) in [7, 11) is 1.83. The lowest BCUT2D eigenvalue weighted by atomic mass is 9.94. The fourth-order valence-corrected chi connectivity index (χ4v) is 5.82. The summed E-state index contributed by atoms with van der Waals surface area (Å²) in [5.74, 6) is 0.212. The Labute approximate surface area is 229 Å². The fraction of sp³-hybridized carbons (Fsp3) is 0.133. The van der Waals surface area contributed by atoms with Crippen molar-refractivity contribution in [1.29, 1.82) is 0 Å². The van der Waals surface area contributed by atoms with Gasteiger partial charge in [0, 0.05) is 44.3 Å². The van der Waals surface area contributed by atoms with Crippen molar-refractivity contribution in [2.45, 2.75) is 13.5 Å². The second-order valence-corrected chi connectivity index (χ2v) is 10.4. The van der Waals surface area contributed by atoms with E-state index in [2.05, 4.69) is 56.7 Å². The zero-order chi connectivity index (χ0) is 27.1. The molecule has 194 valence electrons. The Bertz CT molecular complexity index is 1750. The van der Waals surface area contributed by atoms with Crippen molar-refractivity contribution in [2.75, 3.05) is 24.2 Å². The minimum Gasteiger partial charge on any atom is -0.387 e. The van der Waals surface area contributed by atoms with E-state index in [1.807, 2.05) is 41.6 Å². The van der Waals surface area contributed by atoms with Crippen LogP contribution in [0.1, 0.15) is 28.4 Å². The van der Waals surface area contributed by atoms with E-state index in [4.69, 9.17) is 0 Å². The molecule has 9 heteroatoms. The molecule has 1 aliphatic rings. The number of carbonyl (C=O) groups is 2. The van der Waals surface area contributed by atoms with Crippen LogP contribution in [-0.2, 0) is 11.3 Å². The highest BCUT2D eigenvalue weighted by atomic mass is 32.1. The molecule has 2 amide bonds. The topological polar surface area (TPSA) is 103 Å². The van der Waals surface area contributed by atoms with Gasteiger partial charge in [0.1, 0.15) is 11.5 Å². The van der Waals surface area contributed by atoms with Gasteiger partial charge in [-0.3, -0.25) is 14.7 Å². The molecular weight excluding hydrogens is 508 g/mol. The molecule has 8 nitrogen and oxygen atoms in total. The number of amides is 2. The number of anilines is 2. The predicted octanol–water partition coefficient (Wildman–Crippen LogP) is 6.02. The lowest BCUT2D eigenvalue weighted by Crippen LogP contribution is -2.26. The number of aromatic amines is 1. The first kappa shape index (κ1) is 24.6. The second kappa shape index (κ2) is 9.85. The van der Waals surface area contributed by atoms with Gasteiger partial charge in [0.25, 0.3) is 5.91 Å². The molecule has 39 heavy (non-hydrogen) atoms. The molecule has 3 aromatic heterocycles. The first-order chi connectivity index (χ1) is 18.9. The van der Waals surface area contributed by atoms with Crippen LogP contribution in [-0.4, -0.2) is 45.5 Å². The third-order valence-electron chi connectivity index (χ3n) is 6.91. The highest BCUT2D eigenvalue weighted by Gasteiger charge is 2.32. The number of hydrogen-bond acceptors (Lipinski definition) is 6. The maximum absolute atomic E-state index is 13.7. The SMILES string of the molecule is C=C(CN1Cc2c(-c3ccc4[nH]nc(-c5cccs5)c4c3)ccc(NC)c2C1=O)c1ccnc(NC(C)=O)c1. The van der Waals surface area contributed by atoms with Gasteiger partial charge in [-0.15, -0.1) is 11.3 Å². The summed E-state index contributed by atoms with van der Waals surface area (Å²) < 4.78 is 0. The minimum atomic E-state index is -0.196. The van der Waals surface area contributed by atoms with Gasteiger partial charge >= 0.3 is 0 Å². The smallest absolute Gasteiger partial charge is 0.256 e. The molecule has 0 spiro atoms. The molecule has 4 heterocycles. The molecule has 6 rings (SSSR count). The third-order valence-corrected chi connectivity index (χ3v) is 7.79. The van der Waals surface area contributed by atoms with Gasteiger partial charge in [-0.2, -0.15) is 5.10 Å². The molecule has 0 bridgehead atoms. The molecule has 0 fully saturated rings. The van der Waals surface area contributed by atoms with Crippen LogP contribution in [0, 0.1) is 0 Å². The Balaban J connectivity index is 1.34. The summed E-state index contributed by atoms with van der Waals surface area (Å²) in [5.41, 5.74) is 7.98. The number of aromatic nitrogens is 3.